The van der Waals surface area contributed by atoms with E-state index in [0.717, 1.165) is 36.4 Å². The molecule has 4 rings (SSSR count). The number of nitrogens with zero attached hydrogens (tertiary/aromatic N) is 5. The van der Waals surface area contributed by atoms with Crippen molar-refractivity contribution >= 4 is 29.0 Å². The third-order valence-electron chi connectivity index (χ3n) is 4.28. The first-order valence-corrected chi connectivity index (χ1v) is 8.90. The van der Waals surface area contributed by atoms with Gasteiger partial charge in [-0.25, -0.2) is 9.50 Å². The van der Waals surface area contributed by atoms with Gasteiger partial charge in [-0.05, 0) is 37.2 Å². The van der Waals surface area contributed by atoms with E-state index >= 15 is 0 Å². The summed E-state index contributed by atoms with van der Waals surface area (Å²) in [6, 6.07) is 1.89. The van der Waals surface area contributed by atoms with Gasteiger partial charge < -0.3 is 4.42 Å². The molecule has 1 saturated carbocycles. The highest BCUT2D eigenvalue weighted by molar-refractivity contribution is 7.99. The van der Waals surface area contributed by atoms with Crippen molar-refractivity contribution in [3.05, 3.63) is 35.1 Å². The lowest BCUT2D eigenvalue weighted by Gasteiger charge is -2.28. The highest BCUT2D eigenvalue weighted by atomic mass is 35.5. The monoisotopic (exact) mass is 349 g/mol. The molecular weight excluding hydrogens is 334 g/mol. The summed E-state index contributed by atoms with van der Waals surface area (Å²) >= 11 is 8.13. The Bertz CT molecular complexity index is 824. The molecule has 8 heteroatoms. The van der Waals surface area contributed by atoms with Gasteiger partial charge in [0.05, 0.1) is 0 Å². The lowest BCUT2D eigenvalue weighted by Crippen LogP contribution is -2.15. The molecule has 6 nitrogen and oxygen atoms in total. The second-order valence-corrected chi connectivity index (χ2v) is 7.48. The number of aryl methyl sites for hydroxylation is 1. The van der Waals surface area contributed by atoms with E-state index in [9.17, 15) is 0 Å². The van der Waals surface area contributed by atoms with Crippen LogP contribution in [0.15, 0.2) is 28.2 Å². The Labute approximate surface area is 142 Å². The van der Waals surface area contributed by atoms with Crippen molar-refractivity contribution in [1.82, 2.24) is 24.8 Å². The normalized spacial score (nSPS) is 21.8. The zero-order valence-electron chi connectivity index (χ0n) is 12.6. The maximum atomic E-state index is 6.44. The van der Waals surface area contributed by atoms with Crippen LogP contribution in [0.25, 0.3) is 5.65 Å². The molecule has 23 heavy (non-hydrogen) atoms. The summed E-state index contributed by atoms with van der Waals surface area (Å²) in [7, 11) is 0. The molecule has 0 spiro atoms. The largest absolute Gasteiger partial charge is 0.416 e. The molecule has 1 fully saturated rings. The van der Waals surface area contributed by atoms with Crippen LogP contribution in [0, 0.1) is 6.92 Å². The minimum absolute atomic E-state index is 0.470. The third kappa shape index (κ3) is 3.07. The molecule has 0 amide bonds. The molecule has 3 aromatic rings. The van der Waals surface area contributed by atoms with Gasteiger partial charge in [0, 0.05) is 29.5 Å². The molecule has 3 heterocycles. The summed E-state index contributed by atoms with van der Waals surface area (Å²) in [6.07, 6.45) is 8.00. The zero-order chi connectivity index (χ0) is 15.8. The van der Waals surface area contributed by atoms with E-state index in [4.69, 9.17) is 16.0 Å². The molecule has 0 aliphatic heterocycles. The van der Waals surface area contributed by atoms with E-state index in [0.29, 0.717) is 22.3 Å². The molecule has 0 aromatic carbocycles. The number of rotatable bonds is 3. The molecule has 1 aliphatic carbocycles. The average Bonchev–Trinajstić information content (AvgIpc) is 3.16. The summed E-state index contributed by atoms with van der Waals surface area (Å²) in [4.78, 5) is 4.17. The Kier molecular flexibility index (Phi) is 3.98. The van der Waals surface area contributed by atoms with Crippen LogP contribution in [-0.2, 0) is 0 Å². The summed E-state index contributed by atoms with van der Waals surface area (Å²) in [5.41, 5.74) is 1.96. The van der Waals surface area contributed by atoms with Crippen molar-refractivity contribution < 1.29 is 4.42 Å². The Balaban J connectivity index is 1.44. The predicted molar refractivity (Wildman–Crippen MR) is 87.9 cm³/mol. The van der Waals surface area contributed by atoms with Crippen LogP contribution in [0.3, 0.4) is 0 Å². The number of hydrogen-bond donors (Lipinski definition) is 0. The van der Waals surface area contributed by atoms with Gasteiger partial charge in [0.1, 0.15) is 6.33 Å². The lowest BCUT2D eigenvalue weighted by molar-refractivity contribution is 0.419. The third-order valence-corrected chi connectivity index (χ3v) is 5.78. The van der Waals surface area contributed by atoms with E-state index in [-0.39, 0.29) is 0 Å². The van der Waals surface area contributed by atoms with Crippen molar-refractivity contribution in [2.45, 2.75) is 49.0 Å². The second-order valence-electron chi connectivity index (χ2n) is 5.82. The first-order valence-electron chi connectivity index (χ1n) is 7.64. The Hall–Kier alpha value is -1.60. The van der Waals surface area contributed by atoms with Crippen LogP contribution in [0.2, 0.25) is 5.02 Å². The summed E-state index contributed by atoms with van der Waals surface area (Å²) < 4.78 is 7.25. The Morgan fingerprint density at radius 1 is 1.26 bits per heavy atom. The molecule has 0 bridgehead atoms. The van der Waals surface area contributed by atoms with Crippen molar-refractivity contribution in [3.8, 4) is 0 Å². The minimum atomic E-state index is 0.470. The Morgan fingerprint density at radius 3 is 2.83 bits per heavy atom. The number of fused-ring (bicyclic) bond motifs is 1. The van der Waals surface area contributed by atoms with Crippen molar-refractivity contribution in [3.63, 3.8) is 0 Å². The molecule has 0 N–H and O–H groups in total. The number of thioether (sulfide) groups is 1. The molecule has 3 aromatic heterocycles. The standard InChI is InChI=1S/C15H16ClN5OS/c1-9-19-20-15(22-9)23-11-4-2-10(3-5-11)12-7-21-14(6-13(12)16)17-8-18-21/h6-8,10-11H,2-5H2,1H3/t10-,11-. The lowest BCUT2D eigenvalue weighted by atomic mass is 9.84. The second kappa shape index (κ2) is 6.13. The fraction of sp³-hybridized carbons (Fsp3) is 0.467. The average molecular weight is 350 g/mol. The van der Waals surface area contributed by atoms with Crippen molar-refractivity contribution in [1.29, 1.82) is 0 Å². The maximum absolute atomic E-state index is 6.44. The van der Waals surface area contributed by atoms with Gasteiger partial charge >= 0.3 is 0 Å². The van der Waals surface area contributed by atoms with E-state index < -0.39 is 0 Å². The van der Waals surface area contributed by atoms with Crippen LogP contribution in [-0.4, -0.2) is 30.0 Å². The van der Waals surface area contributed by atoms with Crippen molar-refractivity contribution in [2.75, 3.05) is 0 Å². The van der Waals surface area contributed by atoms with Gasteiger partial charge in [-0.15, -0.1) is 10.2 Å². The predicted octanol–water partition coefficient (Wildman–Crippen LogP) is 3.89. The SMILES string of the molecule is Cc1nnc(S[C@H]2CC[C@H](c3cn4ncnc4cc3Cl)CC2)o1. The van der Waals surface area contributed by atoms with Crippen LogP contribution in [0.5, 0.6) is 0 Å². The Morgan fingerprint density at radius 2 is 2.09 bits per heavy atom. The smallest absolute Gasteiger partial charge is 0.276 e. The van der Waals surface area contributed by atoms with E-state index in [1.165, 1.54) is 5.56 Å². The first kappa shape index (κ1) is 15.0. The van der Waals surface area contributed by atoms with Gasteiger partial charge in [-0.3, -0.25) is 0 Å². The number of halogens is 1. The van der Waals surface area contributed by atoms with Gasteiger partial charge in [-0.2, -0.15) is 5.10 Å². The van der Waals surface area contributed by atoms with Gasteiger partial charge in [-0.1, -0.05) is 23.4 Å². The van der Waals surface area contributed by atoms with Gasteiger partial charge in [0.2, 0.25) is 5.89 Å². The number of hydrogen-bond acceptors (Lipinski definition) is 6. The van der Waals surface area contributed by atoms with Crippen LogP contribution < -0.4 is 0 Å². The molecule has 0 saturated heterocycles. The fourth-order valence-electron chi connectivity index (χ4n) is 3.11. The fourth-order valence-corrected chi connectivity index (χ4v) is 4.46. The minimum Gasteiger partial charge on any atom is -0.416 e. The maximum Gasteiger partial charge on any atom is 0.276 e. The quantitative estimate of drug-likeness (QED) is 0.714. The number of pyridine rings is 1. The van der Waals surface area contributed by atoms with Crippen LogP contribution >= 0.6 is 23.4 Å². The van der Waals surface area contributed by atoms with Crippen LogP contribution in [0.1, 0.15) is 43.1 Å². The highest BCUT2D eigenvalue weighted by Gasteiger charge is 2.26. The molecule has 0 radical (unpaired) electrons. The zero-order valence-corrected chi connectivity index (χ0v) is 14.2. The molecular formula is C15H16ClN5OS. The topological polar surface area (TPSA) is 69.1 Å². The summed E-state index contributed by atoms with van der Waals surface area (Å²) in [5, 5.41) is 14.1. The van der Waals surface area contributed by atoms with Gasteiger partial charge in [0.15, 0.2) is 5.65 Å². The van der Waals surface area contributed by atoms with E-state index in [1.807, 2.05) is 19.2 Å². The highest BCUT2D eigenvalue weighted by Crippen LogP contribution is 2.41. The van der Waals surface area contributed by atoms with Gasteiger partial charge in [0.25, 0.3) is 5.22 Å². The van der Waals surface area contributed by atoms with E-state index in [2.05, 4.69) is 20.3 Å². The molecule has 0 atom stereocenters. The molecule has 1 aliphatic rings. The van der Waals surface area contributed by atoms with Crippen molar-refractivity contribution in [2.24, 2.45) is 0 Å². The summed E-state index contributed by atoms with van der Waals surface area (Å²) in [5.74, 6) is 1.09. The first-order chi connectivity index (χ1) is 11.2. The summed E-state index contributed by atoms with van der Waals surface area (Å²) in [6.45, 7) is 1.82. The number of aromatic nitrogens is 5. The van der Waals surface area contributed by atoms with Crippen LogP contribution in [0.4, 0.5) is 0 Å². The van der Waals surface area contributed by atoms with E-state index in [1.54, 1.807) is 22.6 Å². The molecule has 120 valence electrons. The molecule has 0 unspecified atom stereocenters.